The Hall–Kier alpha value is 0.470. The fourth-order valence-corrected chi connectivity index (χ4v) is 3.59. The van der Waals surface area contributed by atoms with E-state index in [2.05, 4.69) is 34.3 Å². The second-order valence-electron chi connectivity index (χ2n) is 3.85. The van der Waals surface area contributed by atoms with Crippen molar-refractivity contribution in [1.29, 1.82) is 0 Å². The Morgan fingerprint density at radius 3 is 2.77 bits per heavy atom. The lowest BCUT2D eigenvalue weighted by Crippen LogP contribution is -2.15. The minimum atomic E-state index is 0.307. The van der Waals surface area contributed by atoms with Gasteiger partial charge in [0, 0.05) is 14.7 Å². The van der Waals surface area contributed by atoms with Gasteiger partial charge in [-0.15, -0.1) is 22.9 Å². The first kappa shape index (κ1) is 10.0. The van der Waals surface area contributed by atoms with Gasteiger partial charge >= 0.3 is 0 Å². The minimum Gasteiger partial charge on any atom is -0.148 e. The summed E-state index contributed by atoms with van der Waals surface area (Å²) in [6.07, 6.45) is 3.74. The van der Waals surface area contributed by atoms with Gasteiger partial charge in [-0.2, -0.15) is 0 Å². The van der Waals surface area contributed by atoms with Crippen molar-refractivity contribution in [2.75, 3.05) is 0 Å². The SMILES string of the molecule is CC(Cl)C1(Cc2sccc2Br)CC1. The van der Waals surface area contributed by atoms with Crippen LogP contribution in [0.4, 0.5) is 0 Å². The van der Waals surface area contributed by atoms with Gasteiger partial charge in [0.2, 0.25) is 0 Å². The maximum Gasteiger partial charge on any atom is 0.0367 e. The van der Waals surface area contributed by atoms with Crippen LogP contribution in [0.5, 0.6) is 0 Å². The standard InChI is InChI=1S/C10H12BrClS/c1-7(12)10(3-4-10)6-9-8(11)2-5-13-9/h2,5,7H,3-4,6H2,1H3. The molecule has 0 saturated heterocycles. The minimum absolute atomic E-state index is 0.307. The van der Waals surface area contributed by atoms with Crippen LogP contribution >= 0.6 is 38.9 Å². The van der Waals surface area contributed by atoms with E-state index < -0.39 is 0 Å². The zero-order chi connectivity index (χ0) is 9.47. The van der Waals surface area contributed by atoms with Crippen LogP contribution in [0, 0.1) is 5.41 Å². The van der Waals surface area contributed by atoms with Crippen molar-refractivity contribution >= 4 is 38.9 Å². The lowest BCUT2D eigenvalue weighted by molar-refractivity contribution is 0.500. The molecule has 1 aromatic rings. The Labute approximate surface area is 96.4 Å². The molecule has 0 aromatic carbocycles. The Bertz CT molecular complexity index is 302. The maximum atomic E-state index is 6.19. The predicted octanol–water partition coefficient (Wildman–Crippen LogP) is 4.46. The fourth-order valence-electron chi connectivity index (χ4n) is 1.65. The third kappa shape index (κ3) is 1.95. The van der Waals surface area contributed by atoms with Gasteiger partial charge in [-0.1, -0.05) is 0 Å². The van der Waals surface area contributed by atoms with Gasteiger partial charge < -0.3 is 0 Å². The van der Waals surface area contributed by atoms with Crippen LogP contribution in [0.15, 0.2) is 15.9 Å². The molecule has 0 radical (unpaired) electrons. The Balaban J connectivity index is 2.10. The molecule has 0 amide bonds. The molecule has 1 saturated carbocycles. The van der Waals surface area contributed by atoms with Crippen LogP contribution < -0.4 is 0 Å². The molecule has 1 atom stereocenters. The van der Waals surface area contributed by atoms with Crippen molar-refractivity contribution in [2.24, 2.45) is 5.41 Å². The van der Waals surface area contributed by atoms with Crippen LogP contribution in [-0.2, 0) is 6.42 Å². The van der Waals surface area contributed by atoms with E-state index in [1.807, 2.05) is 11.3 Å². The van der Waals surface area contributed by atoms with E-state index in [1.54, 1.807) is 0 Å². The molecule has 0 N–H and O–H groups in total. The summed E-state index contributed by atoms with van der Waals surface area (Å²) >= 11 is 11.6. The molecule has 13 heavy (non-hydrogen) atoms. The Morgan fingerprint density at radius 1 is 1.69 bits per heavy atom. The van der Waals surface area contributed by atoms with Crippen molar-refractivity contribution in [3.05, 3.63) is 20.8 Å². The lowest BCUT2D eigenvalue weighted by atomic mass is 9.98. The molecule has 2 rings (SSSR count). The number of halogens is 2. The summed E-state index contributed by atoms with van der Waals surface area (Å²) in [6.45, 7) is 2.12. The average molecular weight is 280 g/mol. The molecular weight excluding hydrogens is 268 g/mol. The topological polar surface area (TPSA) is 0 Å². The Morgan fingerprint density at radius 2 is 2.38 bits per heavy atom. The maximum absolute atomic E-state index is 6.19. The first-order valence-electron chi connectivity index (χ1n) is 4.50. The van der Waals surface area contributed by atoms with E-state index in [-0.39, 0.29) is 0 Å². The molecule has 1 aliphatic carbocycles. The number of hydrogen-bond acceptors (Lipinski definition) is 1. The molecule has 1 unspecified atom stereocenters. The molecule has 0 spiro atoms. The van der Waals surface area contributed by atoms with Gasteiger partial charge in [0.25, 0.3) is 0 Å². The number of alkyl halides is 1. The van der Waals surface area contributed by atoms with E-state index in [0.717, 1.165) is 6.42 Å². The molecule has 0 bridgehead atoms. The first-order chi connectivity index (χ1) is 6.14. The number of rotatable bonds is 3. The summed E-state index contributed by atoms with van der Waals surface area (Å²) in [5.41, 5.74) is 0.412. The molecule has 0 aliphatic heterocycles. The van der Waals surface area contributed by atoms with Gasteiger partial charge in [0.15, 0.2) is 0 Å². The zero-order valence-corrected chi connectivity index (χ0v) is 10.7. The average Bonchev–Trinajstić information content (AvgIpc) is 2.74. The van der Waals surface area contributed by atoms with Gasteiger partial charge in [0.05, 0.1) is 0 Å². The van der Waals surface area contributed by atoms with E-state index in [4.69, 9.17) is 11.6 Å². The van der Waals surface area contributed by atoms with E-state index >= 15 is 0 Å². The molecule has 1 aliphatic rings. The van der Waals surface area contributed by atoms with E-state index in [9.17, 15) is 0 Å². The third-order valence-electron chi connectivity index (χ3n) is 2.94. The summed E-state index contributed by atoms with van der Waals surface area (Å²) in [6, 6.07) is 2.12. The molecule has 1 fully saturated rings. The molecule has 1 heterocycles. The van der Waals surface area contributed by atoms with Gasteiger partial charge in [0.1, 0.15) is 0 Å². The highest BCUT2D eigenvalue weighted by molar-refractivity contribution is 9.10. The smallest absolute Gasteiger partial charge is 0.0367 e. The fraction of sp³-hybridized carbons (Fsp3) is 0.600. The van der Waals surface area contributed by atoms with E-state index in [1.165, 1.54) is 22.2 Å². The van der Waals surface area contributed by atoms with E-state index in [0.29, 0.717) is 10.8 Å². The van der Waals surface area contributed by atoms with Crippen LogP contribution in [0.25, 0.3) is 0 Å². The van der Waals surface area contributed by atoms with Crippen molar-refractivity contribution in [3.63, 3.8) is 0 Å². The van der Waals surface area contributed by atoms with Crippen molar-refractivity contribution in [3.8, 4) is 0 Å². The number of thiophene rings is 1. The highest BCUT2D eigenvalue weighted by Gasteiger charge is 2.46. The monoisotopic (exact) mass is 278 g/mol. The van der Waals surface area contributed by atoms with Crippen LogP contribution in [0.2, 0.25) is 0 Å². The molecule has 3 heteroatoms. The largest absolute Gasteiger partial charge is 0.148 e. The summed E-state index contributed by atoms with van der Waals surface area (Å²) in [5.74, 6) is 0. The quantitative estimate of drug-likeness (QED) is 0.717. The van der Waals surface area contributed by atoms with Crippen molar-refractivity contribution in [1.82, 2.24) is 0 Å². The second kappa shape index (κ2) is 3.56. The van der Waals surface area contributed by atoms with Crippen molar-refractivity contribution < 1.29 is 0 Å². The lowest BCUT2D eigenvalue weighted by Gasteiger charge is -2.16. The normalized spacial score (nSPS) is 21.5. The Kier molecular flexibility index (Phi) is 2.74. The highest BCUT2D eigenvalue weighted by Crippen LogP contribution is 2.54. The molecule has 0 nitrogen and oxygen atoms in total. The van der Waals surface area contributed by atoms with Gasteiger partial charge in [-0.05, 0) is 59.0 Å². The van der Waals surface area contributed by atoms with Crippen LogP contribution in [0.3, 0.4) is 0 Å². The summed E-state index contributed by atoms with van der Waals surface area (Å²) < 4.78 is 1.25. The number of hydrogen-bond donors (Lipinski definition) is 0. The van der Waals surface area contributed by atoms with Gasteiger partial charge in [-0.25, -0.2) is 0 Å². The molecule has 72 valence electrons. The summed E-state index contributed by atoms with van der Waals surface area (Å²) in [4.78, 5) is 1.45. The highest BCUT2D eigenvalue weighted by atomic mass is 79.9. The third-order valence-corrected chi connectivity index (χ3v) is 5.33. The predicted molar refractivity (Wildman–Crippen MR) is 62.7 cm³/mol. The summed E-state index contributed by atoms with van der Waals surface area (Å²) in [5, 5.41) is 2.44. The molecular formula is C10H12BrClS. The molecule has 1 aromatic heterocycles. The second-order valence-corrected chi connectivity index (χ2v) is 6.36. The zero-order valence-electron chi connectivity index (χ0n) is 7.52. The van der Waals surface area contributed by atoms with Crippen LogP contribution in [0.1, 0.15) is 24.6 Å². The summed E-state index contributed by atoms with van der Waals surface area (Å²) in [7, 11) is 0. The first-order valence-corrected chi connectivity index (χ1v) is 6.61. The van der Waals surface area contributed by atoms with Crippen molar-refractivity contribution in [2.45, 2.75) is 31.6 Å². The van der Waals surface area contributed by atoms with Gasteiger partial charge in [-0.3, -0.25) is 0 Å². The van der Waals surface area contributed by atoms with Crippen LogP contribution in [-0.4, -0.2) is 5.38 Å².